The predicted molar refractivity (Wildman–Crippen MR) is 96.9 cm³/mol. The van der Waals surface area contributed by atoms with E-state index in [9.17, 15) is 0 Å². The van der Waals surface area contributed by atoms with Gasteiger partial charge in [-0.15, -0.1) is 9.69 Å². The van der Waals surface area contributed by atoms with Crippen LogP contribution in [0.5, 0.6) is 0 Å². The summed E-state index contributed by atoms with van der Waals surface area (Å²) in [6, 6.07) is 2.09. The van der Waals surface area contributed by atoms with Gasteiger partial charge in [-0.25, -0.2) is 15.3 Å². The number of hydrogen-bond donors (Lipinski definition) is 2. The van der Waals surface area contributed by atoms with Gasteiger partial charge in [0.15, 0.2) is 12.0 Å². The first-order valence-corrected chi connectivity index (χ1v) is 8.65. The first-order valence-electron chi connectivity index (χ1n) is 8.65. The van der Waals surface area contributed by atoms with Crippen molar-refractivity contribution in [2.45, 2.75) is 46.6 Å². The van der Waals surface area contributed by atoms with E-state index in [1.807, 2.05) is 13.8 Å². The highest BCUT2D eigenvalue weighted by atomic mass is 15.7. The fraction of sp³-hybridized carbons (Fsp3) is 0.529. The fourth-order valence-corrected chi connectivity index (χ4v) is 3.74. The van der Waals surface area contributed by atoms with E-state index in [1.54, 1.807) is 0 Å². The molecule has 0 aromatic carbocycles. The molecule has 1 aromatic heterocycles. The van der Waals surface area contributed by atoms with Crippen LogP contribution in [-0.2, 0) is 0 Å². The maximum atomic E-state index is 4.89. The van der Waals surface area contributed by atoms with Crippen LogP contribution in [0.15, 0.2) is 27.9 Å². The molecule has 4 rings (SSSR count). The van der Waals surface area contributed by atoms with Gasteiger partial charge in [-0.1, -0.05) is 10.1 Å². The largest absolute Gasteiger partial charge is 0.418 e. The van der Waals surface area contributed by atoms with Crippen LogP contribution < -0.4 is 20.0 Å². The van der Waals surface area contributed by atoms with Crippen molar-refractivity contribution < 1.29 is 9.69 Å². The first-order chi connectivity index (χ1) is 11.8. The number of aromatic nitrogens is 2. The van der Waals surface area contributed by atoms with Crippen LogP contribution in [0, 0.1) is 13.8 Å². The summed E-state index contributed by atoms with van der Waals surface area (Å²) >= 11 is 0. The molecule has 0 spiro atoms. The Kier molecular flexibility index (Phi) is 3.54. The minimum absolute atomic E-state index is 0.0174. The van der Waals surface area contributed by atoms with E-state index < -0.39 is 0 Å². The number of fused-ring (bicyclic) bond motifs is 2. The number of rotatable bonds is 2. The highest BCUT2D eigenvalue weighted by molar-refractivity contribution is 5.94. The van der Waals surface area contributed by atoms with Crippen molar-refractivity contribution in [1.82, 2.24) is 9.88 Å². The molecule has 8 nitrogen and oxygen atoms in total. The van der Waals surface area contributed by atoms with E-state index in [1.165, 1.54) is 5.70 Å². The second-order valence-corrected chi connectivity index (χ2v) is 7.13. The molecule has 0 bridgehead atoms. The Morgan fingerprint density at radius 2 is 1.96 bits per heavy atom. The lowest BCUT2D eigenvalue weighted by Gasteiger charge is -2.24. The molecule has 4 heterocycles. The van der Waals surface area contributed by atoms with E-state index in [0.717, 1.165) is 40.3 Å². The van der Waals surface area contributed by atoms with Gasteiger partial charge in [0.1, 0.15) is 17.1 Å². The third-order valence-corrected chi connectivity index (χ3v) is 5.11. The number of nitrogens with one attached hydrogen (secondary N) is 2. The number of nitrogens with zero attached hydrogens (tertiary/aromatic N) is 6. The lowest BCUT2D eigenvalue weighted by Crippen LogP contribution is -3.09. The smallest absolute Gasteiger partial charge is 0.287 e. The first kappa shape index (κ1) is 16.0. The zero-order chi connectivity index (χ0) is 17.9. The summed E-state index contributed by atoms with van der Waals surface area (Å²) in [5, 5.41) is 5.96. The molecule has 0 amide bonds. The summed E-state index contributed by atoms with van der Waals surface area (Å²) in [4.78, 5) is 13.8. The summed E-state index contributed by atoms with van der Waals surface area (Å²) in [7, 11) is 4.15. The molecule has 8 heteroatoms. The summed E-state index contributed by atoms with van der Waals surface area (Å²) < 4.78 is 2.06. The lowest BCUT2D eigenvalue weighted by atomic mass is 10.2. The van der Waals surface area contributed by atoms with Crippen LogP contribution in [0.25, 0.3) is 0 Å². The topological polar surface area (TPSA) is 64.4 Å². The quantitative estimate of drug-likeness (QED) is 0.712. The number of amidine groups is 1. The fourth-order valence-electron chi connectivity index (χ4n) is 3.74. The molecule has 25 heavy (non-hydrogen) atoms. The summed E-state index contributed by atoms with van der Waals surface area (Å²) in [6.45, 7) is 8.28. The molecule has 0 saturated carbocycles. The minimum Gasteiger partial charge on any atom is -0.287 e. The van der Waals surface area contributed by atoms with Crippen LogP contribution >= 0.6 is 0 Å². The molecule has 0 saturated heterocycles. The normalized spacial score (nSPS) is 27.4. The number of aliphatic imine (C=N–C) groups is 1. The van der Waals surface area contributed by atoms with Crippen molar-refractivity contribution in [3.8, 4) is 0 Å². The third kappa shape index (κ3) is 2.48. The van der Waals surface area contributed by atoms with Gasteiger partial charge in [0, 0.05) is 31.8 Å². The zero-order valence-electron chi connectivity index (χ0n) is 15.7. The Balaban J connectivity index is 1.57. The molecule has 0 aliphatic carbocycles. The average molecular weight is 342 g/mol. The monoisotopic (exact) mass is 342 g/mol. The Bertz CT molecular complexity index is 824. The van der Waals surface area contributed by atoms with E-state index in [2.05, 4.69) is 65.0 Å². The second kappa shape index (κ2) is 5.52. The highest BCUT2D eigenvalue weighted by Gasteiger charge is 2.44. The van der Waals surface area contributed by atoms with E-state index >= 15 is 0 Å². The van der Waals surface area contributed by atoms with Crippen LogP contribution in [0.2, 0.25) is 0 Å². The molecule has 0 fully saturated rings. The SMILES string of the molecule is CC1=CC(C)=NC2N(C)C(CC3N[n+]4c(C)cc(C)nc4N3C)=N[NH+]12. The van der Waals surface area contributed by atoms with Crippen molar-refractivity contribution in [2.75, 3.05) is 24.4 Å². The number of aryl methyl sites for hydroxylation is 2. The van der Waals surface area contributed by atoms with Crippen molar-refractivity contribution in [1.29, 1.82) is 0 Å². The van der Waals surface area contributed by atoms with Gasteiger partial charge < -0.3 is 0 Å². The molecule has 3 unspecified atom stereocenters. The number of quaternary nitrogens is 1. The maximum absolute atomic E-state index is 4.89. The van der Waals surface area contributed by atoms with Gasteiger partial charge >= 0.3 is 5.95 Å². The summed E-state index contributed by atoms with van der Waals surface area (Å²) in [5.74, 6) is 2.00. The summed E-state index contributed by atoms with van der Waals surface area (Å²) in [6.07, 6.45) is 3.03. The Morgan fingerprint density at radius 1 is 1.20 bits per heavy atom. The molecule has 3 atom stereocenters. The van der Waals surface area contributed by atoms with Crippen LogP contribution in [0.1, 0.15) is 31.7 Å². The van der Waals surface area contributed by atoms with Crippen LogP contribution in [-0.4, -0.2) is 48.0 Å². The number of hydrogen-bond acceptors (Lipinski definition) is 6. The zero-order valence-corrected chi connectivity index (χ0v) is 15.7. The van der Waals surface area contributed by atoms with E-state index in [0.29, 0.717) is 0 Å². The van der Waals surface area contributed by atoms with Gasteiger partial charge in [0.05, 0.1) is 13.5 Å². The van der Waals surface area contributed by atoms with Crippen molar-refractivity contribution >= 4 is 17.5 Å². The lowest BCUT2D eigenvalue weighted by molar-refractivity contribution is -0.896. The van der Waals surface area contributed by atoms with Gasteiger partial charge in [0.2, 0.25) is 0 Å². The van der Waals surface area contributed by atoms with Gasteiger partial charge in [-0.3, -0.25) is 4.90 Å². The molecule has 1 aromatic rings. The highest BCUT2D eigenvalue weighted by Crippen LogP contribution is 2.18. The molecule has 3 aliphatic rings. The van der Waals surface area contributed by atoms with Crippen molar-refractivity contribution in [3.05, 3.63) is 29.2 Å². The molecule has 2 N–H and O–H groups in total. The van der Waals surface area contributed by atoms with Crippen molar-refractivity contribution in [2.24, 2.45) is 10.1 Å². The van der Waals surface area contributed by atoms with Crippen molar-refractivity contribution in [3.63, 3.8) is 0 Å². The van der Waals surface area contributed by atoms with Crippen LogP contribution in [0.4, 0.5) is 5.95 Å². The molecule has 0 radical (unpaired) electrons. The van der Waals surface area contributed by atoms with E-state index in [4.69, 9.17) is 10.1 Å². The standard InChI is InChI=1S/C17H25N8/c1-10-7-12(3)24-16(18-10)22(5)14(20-24)9-15-21-25-13(4)8-11(2)19-17(25)23(15)6/h7-8,14,17,20H,9H2,1-6H3/q+1/p+1. The number of anilines is 1. The Hall–Kier alpha value is -2.48. The van der Waals surface area contributed by atoms with Gasteiger partial charge in [-0.05, 0) is 20.8 Å². The number of allylic oxidation sites excluding steroid dienone is 2. The van der Waals surface area contributed by atoms with Crippen LogP contribution in [0.3, 0.4) is 0 Å². The minimum atomic E-state index is 0.0174. The molecule has 3 aliphatic heterocycles. The summed E-state index contributed by atoms with van der Waals surface area (Å²) in [5.41, 5.74) is 7.99. The third-order valence-electron chi connectivity index (χ3n) is 5.11. The molecular formula is C17H26N8+2. The molecular weight excluding hydrogens is 316 g/mol. The maximum Gasteiger partial charge on any atom is 0.418 e. The Morgan fingerprint density at radius 3 is 2.72 bits per heavy atom. The van der Waals surface area contributed by atoms with Gasteiger partial charge in [0.25, 0.3) is 6.29 Å². The second-order valence-electron chi connectivity index (χ2n) is 7.13. The van der Waals surface area contributed by atoms with Gasteiger partial charge in [-0.2, -0.15) is 0 Å². The predicted octanol–water partition coefficient (Wildman–Crippen LogP) is -0.499. The average Bonchev–Trinajstić information content (AvgIpc) is 3.01. The molecule has 132 valence electrons. The Labute approximate surface area is 148 Å². The van der Waals surface area contributed by atoms with E-state index in [-0.39, 0.29) is 12.5 Å².